The Hall–Kier alpha value is -2.19. The zero-order chi connectivity index (χ0) is 17.4. The second kappa shape index (κ2) is 9.19. The first-order valence-corrected chi connectivity index (χ1v) is 8.44. The Morgan fingerprint density at radius 1 is 1.17 bits per heavy atom. The predicted octanol–water partition coefficient (Wildman–Crippen LogP) is 5.79. The van der Waals surface area contributed by atoms with Gasteiger partial charge in [-0.05, 0) is 55.4 Å². The number of aliphatic hydroxyl groups excluding tert-OH is 1. The van der Waals surface area contributed by atoms with E-state index >= 15 is 0 Å². The van der Waals surface area contributed by atoms with Gasteiger partial charge in [0.05, 0.1) is 6.10 Å². The normalized spacial score (nSPS) is 12.5. The first kappa shape index (κ1) is 18.2. The maximum absolute atomic E-state index is 14.4. The van der Waals surface area contributed by atoms with Gasteiger partial charge in [0.2, 0.25) is 0 Å². The van der Waals surface area contributed by atoms with Gasteiger partial charge in [-0.2, -0.15) is 0 Å². The molecule has 2 heteroatoms. The molecule has 0 fully saturated rings. The lowest BCUT2D eigenvalue weighted by Crippen LogP contribution is -1.97. The fraction of sp³-hybridized carbons (Fsp3) is 0.273. The van der Waals surface area contributed by atoms with Crippen LogP contribution in [0, 0.1) is 5.82 Å². The van der Waals surface area contributed by atoms with Crippen LogP contribution >= 0.6 is 0 Å². The Bertz CT molecular complexity index is 684. The average molecular weight is 324 g/mol. The maximum Gasteiger partial charge on any atom is 0.131 e. The van der Waals surface area contributed by atoms with Gasteiger partial charge in [-0.1, -0.05) is 54.6 Å². The van der Waals surface area contributed by atoms with Gasteiger partial charge in [-0.3, -0.25) is 0 Å². The van der Waals surface area contributed by atoms with Crippen LogP contribution < -0.4 is 0 Å². The standard InChI is InChI=1S/C22H25FO/c1-3-7-18-10-13-20(14-11-18)21-15-12-19(16-22(21)23)9-6-4-5-8-17(2)24/h3,6,9-17,24H,1,4-5,7-8H2,2H3/b9-6+. The molecular weight excluding hydrogens is 299 g/mol. The fourth-order valence-electron chi connectivity index (χ4n) is 2.61. The van der Waals surface area contributed by atoms with E-state index in [9.17, 15) is 9.50 Å². The van der Waals surface area contributed by atoms with Crippen molar-refractivity contribution in [1.29, 1.82) is 0 Å². The van der Waals surface area contributed by atoms with Gasteiger partial charge in [-0.15, -0.1) is 6.58 Å². The molecule has 0 spiro atoms. The molecule has 1 atom stereocenters. The Kier molecular flexibility index (Phi) is 6.95. The molecule has 2 aromatic rings. The third-order valence-electron chi connectivity index (χ3n) is 3.94. The summed E-state index contributed by atoms with van der Waals surface area (Å²) in [5.74, 6) is -0.211. The van der Waals surface area contributed by atoms with Crippen molar-refractivity contribution in [2.75, 3.05) is 0 Å². The van der Waals surface area contributed by atoms with Crippen LogP contribution in [0.15, 0.2) is 61.2 Å². The van der Waals surface area contributed by atoms with Crippen LogP contribution in [0.5, 0.6) is 0 Å². The highest BCUT2D eigenvalue weighted by molar-refractivity contribution is 5.66. The summed E-state index contributed by atoms with van der Waals surface area (Å²) in [6, 6.07) is 13.2. The number of rotatable bonds is 8. The molecule has 0 saturated carbocycles. The number of aliphatic hydroxyl groups is 1. The van der Waals surface area contributed by atoms with E-state index in [4.69, 9.17) is 0 Å². The molecule has 126 valence electrons. The lowest BCUT2D eigenvalue weighted by atomic mass is 10.0. The van der Waals surface area contributed by atoms with Crippen molar-refractivity contribution in [2.24, 2.45) is 0 Å². The third-order valence-corrected chi connectivity index (χ3v) is 3.94. The Morgan fingerprint density at radius 3 is 2.54 bits per heavy atom. The molecule has 0 aliphatic carbocycles. The van der Waals surface area contributed by atoms with E-state index in [-0.39, 0.29) is 11.9 Å². The quantitative estimate of drug-likeness (QED) is 0.481. The Balaban J connectivity index is 2.03. The highest BCUT2D eigenvalue weighted by Crippen LogP contribution is 2.24. The van der Waals surface area contributed by atoms with E-state index in [1.165, 1.54) is 5.56 Å². The van der Waals surface area contributed by atoms with E-state index < -0.39 is 0 Å². The van der Waals surface area contributed by atoms with Crippen LogP contribution in [0.25, 0.3) is 17.2 Å². The molecule has 1 unspecified atom stereocenters. The van der Waals surface area contributed by atoms with Crippen molar-refractivity contribution in [1.82, 2.24) is 0 Å². The average Bonchev–Trinajstić information content (AvgIpc) is 2.56. The van der Waals surface area contributed by atoms with Gasteiger partial charge in [-0.25, -0.2) is 4.39 Å². The number of hydrogen-bond donors (Lipinski definition) is 1. The fourth-order valence-corrected chi connectivity index (χ4v) is 2.61. The van der Waals surface area contributed by atoms with Crippen molar-refractivity contribution in [3.63, 3.8) is 0 Å². The molecule has 0 heterocycles. The molecule has 0 amide bonds. The summed E-state index contributed by atoms with van der Waals surface area (Å²) in [6.45, 7) is 5.52. The van der Waals surface area contributed by atoms with Crippen molar-refractivity contribution < 1.29 is 9.50 Å². The van der Waals surface area contributed by atoms with Gasteiger partial charge in [0, 0.05) is 5.56 Å². The summed E-state index contributed by atoms with van der Waals surface area (Å²) in [6.07, 6.45) is 9.00. The monoisotopic (exact) mass is 324 g/mol. The first-order valence-electron chi connectivity index (χ1n) is 8.44. The van der Waals surface area contributed by atoms with Crippen molar-refractivity contribution in [3.8, 4) is 11.1 Å². The number of benzene rings is 2. The largest absolute Gasteiger partial charge is 0.393 e. The van der Waals surface area contributed by atoms with Gasteiger partial charge in [0.1, 0.15) is 5.82 Å². The summed E-state index contributed by atoms with van der Waals surface area (Å²) in [5.41, 5.74) is 3.53. The van der Waals surface area contributed by atoms with Gasteiger partial charge >= 0.3 is 0 Å². The number of halogens is 1. The second-order valence-electron chi connectivity index (χ2n) is 6.11. The van der Waals surface area contributed by atoms with Gasteiger partial charge in [0.15, 0.2) is 0 Å². The summed E-state index contributed by atoms with van der Waals surface area (Å²) in [7, 11) is 0. The number of hydrogen-bond acceptors (Lipinski definition) is 1. The Morgan fingerprint density at radius 2 is 1.92 bits per heavy atom. The number of allylic oxidation sites excluding steroid dienone is 2. The van der Waals surface area contributed by atoms with Crippen molar-refractivity contribution in [2.45, 2.75) is 38.7 Å². The molecule has 0 radical (unpaired) electrons. The second-order valence-corrected chi connectivity index (χ2v) is 6.11. The molecule has 0 aliphatic rings. The smallest absolute Gasteiger partial charge is 0.131 e. The van der Waals surface area contributed by atoms with Gasteiger partial charge < -0.3 is 5.11 Å². The maximum atomic E-state index is 14.4. The summed E-state index contributed by atoms with van der Waals surface area (Å²) >= 11 is 0. The molecule has 1 nitrogen and oxygen atoms in total. The number of unbranched alkanes of at least 4 members (excludes halogenated alkanes) is 1. The molecule has 24 heavy (non-hydrogen) atoms. The van der Waals surface area contributed by atoms with Crippen LogP contribution in [0.4, 0.5) is 4.39 Å². The molecule has 2 aromatic carbocycles. The lowest BCUT2D eigenvalue weighted by molar-refractivity contribution is 0.182. The molecule has 2 rings (SSSR count). The first-order chi connectivity index (χ1) is 11.6. The van der Waals surface area contributed by atoms with Crippen LogP contribution in [0.1, 0.15) is 37.3 Å². The zero-order valence-corrected chi connectivity index (χ0v) is 14.2. The van der Waals surface area contributed by atoms with E-state index in [1.807, 2.05) is 54.6 Å². The van der Waals surface area contributed by atoms with E-state index in [2.05, 4.69) is 6.58 Å². The molecule has 1 N–H and O–H groups in total. The zero-order valence-electron chi connectivity index (χ0n) is 14.2. The SMILES string of the molecule is C=CCc1ccc(-c2ccc(/C=C/CCCC(C)O)cc2F)cc1. The minimum atomic E-state index is -0.256. The highest BCUT2D eigenvalue weighted by atomic mass is 19.1. The van der Waals surface area contributed by atoms with E-state index in [0.717, 1.165) is 36.8 Å². The van der Waals surface area contributed by atoms with Crippen molar-refractivity contribution in [3.05, 3.63) is 78.1 Å². The molecule has 0 bridgehead atoms. The predicted molar refractivity (Wildman–Crippen MR) is 100 cm³/mol. The Labute approximate surface area is 144 Å². The van der Waals surface area contributed by atoms with Crippen LogP contribution in [-0.2, 0) is 6.42 Å². The third kappa shape index (κ3) is 5.47. The minimum Gasteiger partial charge on any atom is -0.393 e. The van der Waals surface area contributed by atoms with Crippen molar-refractivity contribution >= 4 is 6.08 Å². The van der Waals surface area contributed by atoms with Gasteiger partial charge in [0.25, 0.3) is 0 Å². The van der Waals surface area contributed by atoms with E-state index in [0.29, 0.717) is 5.56 Å². The summed E-state index contributed by atoms with van der Waals surface area (Å²) < 4.78 is 14.4. The molecule has 0 saturated heterocycles. The lowest BCUT2D eigenvalue weighted by Gasteiger charge is -2.06. The van der Waals surface area contributed by atoms with Crippen LogP contribution in [0.2, 0.25) is 0 Å². The topological polar surface area (TPSA) is 20.2 Å². The minimum absolute atomic E-state index is 0.211. The highest BCUT2D eigenvalue weighted by Gasteiger charge is 2.05. The van der Waals surface area contributed by atoms with Crippen LogP contribution in [-0.4, -0.2) is 11.2 Å². The summed E-state index contributed by atoms with van der Waals surface area (Å²) in [4.78, 5) is 0. The van der Waals surface area contributed by atoms with E-state index in [1.54, 1.807) is 13.0 Å². The molecule has 0 aromatic heterocycles. The summed E-state index contributed by atoms with van der Waals surface area (Å²) in [5, 5.41) is 9.21. The van der Waals surface area contributed by atoms with Crippen LogP contribution in [0.3, 0.4) is 0 Å². The molecular formula is C22H25FO. The molecule has 0 aliphatic heterocycles.